The monoisotopic (exact) mass is 401 g/mol. The molecule has 0 saturated carbocycles. The number of aryl methyl sites for hydroxylation is 2. The van der Waals surface area contributed by atoms with Gasteiger partial charge in [-0.05, 0) is 43.2 Å². The molecule has 3 rings (SSSR count). The summed E-state index contributed by atoms with van der Waals surface area (Å²) in [6, 6.07) is 26.8. The Balaban J connectivity index is 1.55. The number of anilines is 2. The Morgan fingerprint density at radius 1 is 0.833 bits per heavy atom. The van der Waals surface area contributed by atoms with E-state index in [1.54, 1.807) is 4.90 Å². The summed E-state index contributed by atoms with van der Waals surface area (Å²) in [6.45, 7) is 2.75. The van der Waals surface area contributed by atoms with Crippen LogP contribution in [-0.2, 0) is 11.2 Å². The minimum absolute atomic E-state index is 0.0224. The molecule has 3 aromatic rings. The van der Waals surface area contributed by atoms with Crippen molar-refractivity contribution in [3.8, 4) is 0 Å². The minimum Gasteiger partial charge on any atom is -0.354 e. The minimum atomic E-state index is -0.233. The molecule has 3 amide bonds. The summed E-state index contributed by atoms with van der Waals surface area (Å²) in [6.07, 6.45) is 1.12. The number of amides is 3. The van der Waals surface area contributed by atoms with E-state index in [1.807, 2.05) is 91.9 Å². The fourth-order valence-corrected chi connectivity index (χ4v) is 3.08. The number of nitrogens with one attached hydrogen (secondary N) is 2. The van der Waals surface area contributed by atoms with E-state index >= 15 is 0 Å². The number of para-hydroxylation sites is 1. The fraction of sp³-hybridized carbons (Fsp3) is 0.200. The van der Waals surface area contributed by atoms with Crippen LogP contribution in [0.4, 0.5) is 16.2 Å². The molecule has 154 valence electrons. The van der Waals surface area contributed by atoms with Crippen LogP contribution in [0.15, 0.2) is 84.9 Å². The summed E-state index contributed by atoms with van der Waals surface area (Å²) in [4.78, 5) is 26.7. The quantitative estimate of drug-likeness (QED) is 0.570. The van der Waals surface area contributed by atoms with Gasteiger partial charge in [0.2, 0.25) is 5.91 Å². The predicted octanol–water partition coefficient (Wildman–Crippen LogP) is 4.78. The van der Waals surface area contributed by atoms with E-state index in [1.165, 1.54) is 0 Å². The number of benzene rings is 3. The lowest BCUT2D eigenvalue weighted by Crippen LogP contribution is -2.41. The summed E-state index contributed by atoms with van der Waals surface area (Å²) < 4.78 is 0. The van der Waals surface area contributed by atoms with Gasteiger partial charge in [0.1, 0.15) is 0 Å². The maximum absolute atomic E-state index is 12.9. The van der Waals surface area contributed by atoms with Crippen LogP contribution in [-0.4, -0.2) is 25.0 Å². The highest BCUT2D eigenvalue weighted by molar-refractivity contribution is 6.01. The van der Waals surface area contributed by atoms with Crippen LogP contribution in [0.3, 0.4) is 0 Å². The van der Waals surface area contributed by atoms with Crippen molar-refractivity contribution < 1.29 is 9.59 Å². The van der Waals surface area contributed by atoms with Gasteiger partial charge in [0.05, 0.1) is 0 Å². The van der Waals surface area contributed by atoms with Crippen molar-refractivity contribution in [3.05, 3.63) is 96.1 Å². The molecule has 0 saturated heterocycles. The molecule has 5 heteroatoms. The highest BCUT2D eigenvalue weighted by Gasteiger charge is 2.16. The van der Waals surface area contributed by atoms with Crippen molar-refractivity contribution in [2.45, 2.75) is 19.8 Å². The van der Waals surface area contributed by atoms with Crippen LogP contribution in [0.25, 0.3) is 0 Å². The lowest BCUT2D eigenvalue weighted by molar-refractivity contribution is -0.120. The molecule has 0 bridgehead atoms. The van der Waals surface area contributed by atoms with E-state index in [0.29, 0.717) is 25.9 Å². The highest BCUT2D eigenvalue weighted by Crippen LogP contribution is 2.16. The molecular weight excluding hydrogens is 374 g/mol. The molecule has 0 heterocycles. The van der Waals surface area contributed by atoms with Gasteiger partial charge in [-0.2, -0.15) is 0 Å². The van der Waals surface area contributed by atoms with Gasteiger partial charge in [0, 0.05) is 30.9 Å². The van der Waals surface area contributed by atoms with Crippen LogP contribution in [0.5, 0.6) is 0 Å². The smallest absolute Gasteiger partial charge is 0.326 e. The van der Waals surface area contributed by atoms with Crippen molar-refractivity contribution in [2.24, 2.45) is 0 Å². The number of carbonyl (C=O) groups excluding carboxylic acids is 2. The third kappa shape index (κ3) is 6.48. The van der Waals surface area contributed by atoms with Gasteiger partial charge in [-0.15, -0.1) is 0 Å². The van der Waals surface area contributed by atoms with E-state index < -0.39 is 0 Å². The largest absolute Gasteiger partial charge is 0.354 e. The van der Waals surface area contributed by atoms with E-state index in [2.05, 4.69) is 10.6 Å². The maximum atomic E-state index is 12.9. The summed E-state index contributed by atoms with van der Waals surface area (Å²) in [5.74, 6) is -0.0224. The zero-order valence-electron chi connectivity index (χ0n) is 17.2. The van der Waals surface area contributed by atoms with Gasteiger partial charge in [-0.25, -0.2) is 4.79 Å². The van der Waals surface area contributed by atoms with Crippen molar-refractivity contribution >= 4 is 23.3 Å². The summed E-state index contributed by atoms with van der Waals surface area (Å²) in [7, 11) is 0. The number of rotatable bonds is 8. The number of carbonyl (C=O) groups is 2. The lowest BCUT2D eigenvalue weighted by Gasteiger charge is -2.23. The maximum Gasteiger partial charge on any atom is 0.326 e. The summed E-state index contributed by atoms with van der Waals surface area (Å²) >= 11 is 0. The first kappa shape index (κ1) is 21.1. The Labute approximate surface area is 177 Å². The highest BCUT2D eigenvalue weighted by atomic mass is 16.2. The first-order valence-electron chi connectivity index (χ1n) is 10.1. The Hall–Kier alpha value is -3.60. The second-order valence-electron chi connectivity index (χ2n) is 7.12. The number of hydrogen-bond acceptors (Lipinski definition) is 2. The van der Waals surface area contributed by atoms with E-state index in [-0.39, 0.29) is 11.9 Å². The van der Waals surface area contributed by atoms with Gasteiger partial charge < -0.3 is 10.6 Å². The average molecular weight is 402 g/mol. The normalized spacial score (nSPS) is 10.3. The topological polar surface area (TPSA) is 61.4 Å². The Bertz CT molecular complexity index is 941. The molecule has 0 unspecified atom stereocenters. The molecule has 0 radical (unpaired) electrons. The van der Waals surface area contributed by atoms with Gasteiger partial charge in [0.15, 0.2) is 0 Å². The third-order valence-corrected chi connectivity index (χ3v) is 4.76. The summed E-state index contributed by atoms with van der Waals surface area (Å²) in [5, 5.41) is 5.85. The molecule has 0 atom stereocenters. The Morgan fingerprint density at radius 3 is 2.13 bits per heavy atom. The van der Waals surface area contributed by atoms with E-state index in [4.69, 9.17) is 0 Å². The van der Waals surface area contributed by atoms with Crippen molar-refractivity contribution in [3.63, 3.8) is 0 Å². The van der Waals surface area contributed by atoms with Crippen LogP contribution >= 0.6 is 0 Å². The molecule has 0 fully saturated rings. The molecule has 0 aliphatic heterocycles. The molecule has 30 heavy (non-hydrogen) atoms. The number of hydrogen-bond donors (Lipinski definition) is 2. The van der Waals surface area contributed by atoms with Crippen LogP contribution in [0.2, 0.25) is 0 Å². The predicted molar refractivity (Wildman–Crippen MR) is 122 cm³/mol. The second-order valence-corrected chi connectivity index (χ2v) is 7.12. The zero-order valence-corrected chi connectivity index (χ0v) is 17.2. The zero-order chi connectivity index (χ0) is 21.2. The molecule has 5 nitrogen and oxygen atoms in total. The van der Waals surface area contributed by atoms with E-state index in [0.717, 1.165) is 22.5 Å². The first-order chi connectivity index (χ1) is 14.6. The Kier molecular flexibility index (Phi) is 7.61. The van der Waals surface area contributed by atoms with Crippen LogP contribution in [0, 0.1) is 6.92 Å². The van der Waals surface area contributed by atoms with Gasteiger partial charge >= 0.3 is 6.03 Å². The van der Waals surface area contributed by atoms with E-state index in [9.17, 15) is 9.59 Å². The molecule has 2 N–H and O–H groups in total. The third-order valence-electron chi connectivity index (χ3n) is 4.76. The number of nitrogens with zero attached hydrogens (tertiary/aromatic N) is 1. The van der Waals surface area contributed by atoms with Crippen molar-refractivity contribution in [2.75, 3.05) is 23.3 Å². The molecule has 0 aromatic heterocycles. The van der Waals surface area contributed by atoms with Gasteiger partial charge in [0.25, 0.3) is 0 Å². The molecule has 0 aliphatic rings. The molecule has 0 aliphatic carbocycles. The fourth-order valence-electron chi connectivity index (χ4n) is 3.08. The SMILES string of the molecule is Cc1ccc(NC(=O)N(CCNC(=O)CCc2ccccc2)c2ccccc2)cc1. The molecular formula is C25H27N3O2. The number of urea groups is 1. The van der Waals surface area contributed by atoms with Gasteiger partial charge in [-0.1, -0.05) is 66.2 Å². The van der Waals surface area contributed by atoms with Crippen molar-refractivity contribution in [1.82, 2.24) is 5.32 Å². The average Bonchev–Trinajstić information content (AvgIpc) is 2.78. The first-order valence-corrected chi connectivity index (χ1v) is 10.1. The Morgan fingerprint density at radius 2 is 1.47 bits per heavy atom. The molecule has 0 spiro atoms. The summed E-state index contributed by atoms with van der Waals surface area (Å²) in [5.41, 5.74) is 3.78. The van der Waals surface area contributed by atoms with Gasteiger partial charge in [-0.3, -0.25) is 9.69 Å². The van der Waals surface area contributed by atoms with Crippen LogP contribution < -0.4 is 15.5 Å². The van der Waals surface area contributed by atoms with Crippen molar-refractivity contribution in [1.29, 1.82) is 0 Å². The standard InChI is InChI=1S/C25H27N3O2/c1-20-12-15-22(16-13-20)27-25(30)28(23-10-6-3-7-11-23)19-18-26-24(29)17-14-21-8-4-2-5-9-21/h2-13,15-16H,14,17-19H2,1H3,(H,26,29)(H,27,30). The van der Waals surface area contributed by atoms with Crippen LogP contribution in [0.1, 0.15) is 17.5 Å². The second kappa shape index (κ2) is 10.8. The molecule has 3 aromatic carbocycles. The lowest BCUT2D eigenvalue weighted by atomic mass is 10.1.